The minimum absolute atomic E-state index is 0.101. The molecule has 0 aliphatic carbocycles. The number of halogens is 1. The van der Waals surface area contributed by atoms with E-state index >= 15 is 0 Å². The minimum atomic E-state index is -0.399. The highest BCUT2D eigenvalue weighted by molar-refractivity contribution is 6.33. The van der Waals surface area contributed by atoms with Crippen LogP contribution in [0.1, 0.15) is 46.5 Å². The second-order valence-electron chi connectivity index (χ2n) is 8.41. The third kappa shape index (κ3) is 3.84. The van der Waals surface area contributed by atoms with Crippen LogP contribution in [0.3, 0.4) is 0 Å². The van der Waals surface area contributed by atoms with E-state index in [2.05, 4.69) is 0 Å². The lowest BCUT2D eigenvalue weighted by molar-refractivity contribution is 0.0716. The largest absolute Gasteiger partial charge is 0.504 e. The van der Waals surface area contributed by atoms with Crippen molar-refractivity contribution in [3.8, 4) is 11.5 Å². The lowest BCUT2D eigenvalue weighted by Crippen LogP contribution is -2.37. The number of benzene rings is 2. The molecule has 0 radical (unpaired) electrons. The zero-order valence-electron chi connectivity index (χ0n) is 17.2. The van der Waals surface area contributed by atoms with Gasteiger partial charge in [0.25, 0.3) is 11.8 Å². The number of ether oxygens (including phenoxy) is 1. The van der Waals surface area contributed by atoms with Crippen molar-refractivity contribution in [3.05, 3.63) is 58.1 Å². The highest BCUT2D eigenvalue weighted by Gasteiger charge is 2.35. The minimum Gasteiger partial charge on any atom is -0.504 e. The number of rotatable bonds is 2. The zero-order valence-corrected chi connectivity index (χ0v) is 17.9. The van der Waals surface area contributed by atoms with E-state index in [-0.39, 0.29) is 23.1 Å². The topological polar surface area (TPSA) is 70.1 Å². The first-order valence-corrected chi connectivity index (χ1v) is 10.5. The Kier molecular flexibility index (Phi) is 5.36. The van der Waals surface area contributed by atoms with Gasteiger partial charge < -0.3 is 19.6 Å². The summed E-state index contributed by atoms with van der Waals surface area (Å²) in [7, 11) is 0. The number of fused-ring (bicyclic) bond motifs is 1. The van der Waals surface area contributed by atoms with Crippen LogP contribution in [0.2, 0.25) is 5.02 Å². The van der Waals surface area contributed by atoms with E-state index in [1.54, 1.807) is 40.1 Å². The van der Waals surface area contributed by atoms with Gasteiger partial charge >= 0.3 is 0 Å². The summed E-state index contributed by atoms with van der Waals surface area (Å²) < 4.78 is 5.85. The summed E-state index contributed by atoms with van der Waals surface area (Å²) in [5.41, 5.74) is 1.21. The number of phenolic OH excluding ortho intramolecular Hbond substituents is 1. The van der Waals surface area contributed by atoms with E-state index in [9.17, 15) is 14.7 Å². The maximum absolute atomic E-state index is 13.1. The van der Waals surface area contributed by atoms with Crippen LogP contribution in [0.15, 0.2) is 36.4 Å². The van der Waals surface area contributed by atoms with Crippen molar-refractivity contribution in [1.82, 2.24) is 9.80 Å². The molecule has 6 nitrogen and oxygen atoms in total. The molecule has 2 heterocycles. The zero-order chi connectivity index (χ0) is 21.5. The van der Waals surface area contributed by atoms with Gasteiger partial charge in [-0.1, -0.05) is 29.8 Å². The average molecular weight is 429 g/mol. The van der Waals surface area contributed by atoms with Crippen LogP contribution in [0.25, 0.3) is 0 Å². The Bertz CT molecular complexity index is 1000. The summed E-state index contributed by atoms with van der Waals surface area (Å²) in [5, 5.41) is 11.1. The lowest BCUT2D eigenvalue weighted by Gasteiger charge is -2.23. The van der Waals surface area contributed by atoms with Crippen molar-refractivity contribution in [2.45, 2.75) is 32.3 Å². The summed E-state index contributed by atoms with van der Waals surface area (Å²) in [6.45, 7) is 5.75. The summed E-state index contributed by atoms with van der Waals surface area (Å²) in [6, 6.07) is 10.5. The number of carbonyl (C=O) groups is 2. The number of nitrogens with zero attached hydrogens (tertiary/aromatic N) is 2. The molecule has 4 rings (SSSR count). The maximum atomic E-state index is 13.1. The van der Waals surface area contributed by atoms with E-state index in [0.29, 0.717) is 55.4 Å². The van der Waals surface area contributed by atoms with Gasteiger partial charge in [0, 0.05) is 38.2 Å². The second-order valence-corrected chi connectivity index (χ2v) is 8.81. The first-order chi connectivity index (χ1) is 14.3. The molecule has 7 heteroatoms. The Labute approximate surface area is 181 Å². The van der Waals surface area contributed by atoms with E-state index in [4.69, 9.17) is 16.3 Å². The van der Waals surface area contributed by atoms with E-state index in [1.807, 2.05) is 19.9 Å². The molecule has 0 bridgehead atoms. The number of phenols is 1. The Morgan fingerprint density at radius 1 is 0.967 bits per heavy atom. The molecule has 0 unspecified atom stereocenters. The maximum Gasteiger partial charge on any atom is 0.257 e. The van der Waals surface area contributed by atoms with E-state index < -0.39 is 5.60 Å². The fraction of sp³-hybridized carbons (Fsp3) is 0.391. The molecule has 2 aliphatic rings. The molecule has 2 aliphatic heterocycles. The fourth-order valence-electron chi connectivity index (χ4n) is 4.11. The van der Waals surface area contributed by atoms with Gasteiger partial charge in [0.05, 0.1) is 16.1 Å². The van der Waals surface area contributed by atoms with Crippen LogP contribution < -0.4 is 4.74 Å². The molecule has 2 aromatic rings. The Balaban J connectivity index is 1.49. The molecule has 30 heavy (non-hydrogen) atoms. The van der Waals surface area contributed by atoms with Gasteiger partial charge in [-0.15, -0.1) is 0 Å². The highest BCUT2D eigenvalue weighted by atomic mass is 35.5. The quantitative estimate of drug-likeness (QED) is 0.790. The van der Waals surface area contributed by atoms with Gasteiger partial charge in [-0.3, -0.25) is 9.59 Å². The predicted octanol–water partition coefficient (Wildman–Crippen LogP) is 3.75. The SMILES string of the molecule is CC1(C)Cc2ccc(C(=O)N3CCCN(C(=O)c4ccccc4Cl)CC3)c(O)c2O1. The van der Waals surface area contributed by atoms with Gasteiger partial charge in [-0.2, -0.15) is 0 Å². The predicted molar refractivity (Wildman–Crippen MR) is 114 cm³/mol. The third-order valence-corrected chi connectivity index (χ3v) is 5.94. The monoisotopic (exact) mass is 428 g/mol. The summed E-state index contributed by atoms with van der Waals surface area (Å²) in [4.78, 5) is 29.4. The Morgan fingerprint density at radius 3 is 2.27 bits per heavy atom. The molecular formula is C23H25ClN2O4. The van der Waals surface area contributed by atoms with Crippen molar-refractivity contribution in [2.24, 2.45) is 0 Å². The third-order valence-electron chi connectivity index (χ3n) is 5.61. The van der Waals surface area contributed by atoms with E-state index in [0.717, 1.165) is 5.56 Å². The number of aromatic hydroxyl groups is 1. The van der Waals surface area contributed by atoms with Crippen LogP contribution in [0.5, 0.6) is 11.5 Å². The first-order valence-electron chi connectivity index (χ1n) is 10.1. The average Bonchev–Trinajstić information content (AvgIpc) is 2.88. The molecular weight excluding hydrogens is 404 g/mol. The second kappa shape index (κ2) is 7.84. The molecule has 1 N–H and O–H groups in total. The normalized spacial score (nSPS) is 17.8. The van der Waals surface area contributed by atoms with Gasteiger partial charge in [0.1, 0.15) is 5.60 Å². The number of amides is 2. The number of hydrogen-bond donors (Lipinski definition) is 1. The van der Waals surface area contributed by atoms with Crippen molar-refractivity contribution in [2.75, 3.05) is 26.2 Å². The number of carbonyl (C=O) groups excluding carboxylic acids is 2. The molecule has 2 amide bonds. The smallest absolute Gasteiger partial charge is 0.257 e. The molecule has 2 aromatic carbocycles. The van der Waals surface area contributed by atoms with Crippen molar-refractivity contribution < 1.29 is 19.4 Å². The fourth-order valence-corrected chi connectivity index (χ4v) is 4.33. The first kappa shape index (κ1) is 20.5. The number of hydrogen-bond acceptors (Lipinski definition) is 4. The standard InChI is InChI=1S/C23H25ClN2O4/c1-23(2)14-15-8-9-17(19(27)20(15)30-23)22(29)26-11-5-10-25(12-13-26)21(28)16-6-3-4-7-18(16)24/h3-4,6-9,27H,5,10-14H2,1-2H3. The summed E-state index contributed by atoms with van der Waals surface area (Å²) in [6.07, 6.45) is 1.34. The van der Waals surface area contributed by atoms with Gasteiger partial charge in [0.2, 0.25) is 0 Å². The van der Waals surface area contributed by atoms with Crippen LogP contribution in [0.4, 0.5) is 0 Å². The molecule has 0 aromatic heterocycles. The lowest BCUT2D eigenvalue weighted by atomic mass is 10.00. The molecule has 1 fully saturated rings. The van der Waals surface area contributed by atoms with Gasteiger partial charge in [-0.05, 0) is 38.5 Å². The summed E-state index contributed by atoms with van der Waals surface area (Å²) in [5.74, 6) is -0.0888. The van der Waals surface area contributed by atoms with Crippen LogP contribution in [0, 0.1) is 0 Å². The van der Waals surface area contributed by atoms with Crippen molar-refractivity contribution >= 4 is 23.4 Å². The van der Waals surface area contributed by atoms with Gasteiger partial charge in [-0.25, -0.2) is 0 Å². The van der Waals surface area contributed by atoms with E-state index in [1.165, 1.54) is 0 Å². The van der Waals surface area contributed by atoms with Gasteiger partial charge in [0.15, 0.2) is 11.5 Å². The summed E-state index contributed by atoms with van der Waals surface area (Å²) >= 11 is 6.17. The molecule has 158 valence electrons. The molecule has 0 spiro atoms. The Hall–Kier alpha value is -2.73. The van der Waals surface area contributed by atoms with Crippen LogP contribution in [-0.2, 0) is 6.42 Å². The van der Waals surface area contributed by atoms with Crippen LogP contribution >= 0.6 is 11.6 Å². The molecule has 0 atom stereocenters. The van der Waals surface area contributed by atoms with Crippen LogP contribution in [-0.4, -0.2) is 58.5 Å². The van der Waals surface area contributed by atoms with Crippen molar-refractivity contribution in [3.63, 3.8) is 0 Å². The van der Waals surface area contributed by atoms with Crippen molar-refractivity contribution in [1.29, 1.82) is 0 Å². The molecule has 0 saturated carbocycles. The Morgan fingerprint density at radius 2 is 1.60 bits per heavy atom. The highest BCUT2D eigenvalue weighted by Crippen LogP contribution is 2.43. The molecule has 1 saturated heterocycles.